The monoisotopic (exact) mass is 248 g/mol. The van der Waals surface area contributed by atoms with Gasteiger partial charge in [0.15, 0.2) is 0 Å². The summed E-state index contributed by atoms with van der Waals surface area (Å²) in [6, 6.07) is 0. The predicted molar refractivity (Wildman–Crippen MR) is 75.5 cm³/mol. The van der Waals surface area contributed by atoms with Crippen LogP contribution in [0.5, 0.6) is 0 Å². The van der Waals surface area contributed by atoms with Crippen molar-refractivity contribution in [2.75, 3.05) is 13.2 Å². The van der Waals surface area contributed by atoms with Gasteiger partial charge < -0.3 is 4.74 Å². The molecule has 18 heavy (non-hydrogen) atoms. The summed E-state index contributed by atoms with van der Waals surface area (Å²) in [6.45, 7) is 9.46. The standard InChI is InChI=1S/C17H28O/c1-16(2)7-4-8-17(3,12-16)15-6-5-13-10-18-11-14(13)9-15/h6,13-14H,4-5,7-12H2,1-3H3/t13-,14+,17-/m0/s1. The van der Waals surface area contributed by atoms with Gasteiger partial charge >= 0.3 is 0 Å². The molecule has 0 N–H and O–H groups in total. The molecular weight excluding hydrogens is 220 g/mol. The van der Waals surface area contributed by atoms with E-state index in [-0.39, 0.29) is 0 Å². The van der Waals surface area contributed by atoms with Crippen LogP contribution in [0.25, 0.3) is 0 Å². The minimum atomic E-state index is 0.481. The molecular formula is C17H28O. The average molecular weight is 248 g/mol. The van der Waals surface area contributed by atoms with E-state index in [0.29, 0.717) is 10.8 Å². The fourth-order valence-corrected chi connectivity index (χ4v) is 4.75. The zero-order valence-corrected chi connectivity index (χ0v) is 12.3. The van der Waals surface area contributed by atoms with E-state index in [1.54, 1.807) is 5.57 Å². The fraction of sp³-hybridized carbons (Fsp3) is 0.882. The first-order chi connectivity index (χ1) is 8.49. The molecule has 0 aromatic rings. The van der Waals surface area contributed by atoms with Crippen LogP contribution in [-0.4, -0.2) is 13.2 Å². The molecule has 3 aliphatic rings. The van der Waals surface area contributed by atoms with Gasteiger partial charge in [-0.25, -0.2) is 0 Å². The maximum atomic E-state index is 5.67. The van der Waals surface area contributed by atoms with Crippen molar-refractivity contribution in [3.8, 4) is 0 Å². The maximum Gasteiger partial charge on any atom is 0.0501 e. The van der Waals surface area contributed by atoms with Crippen LogP contribution in [0.1, 0.15) is 59.3 Å². The Kier molecular flexibility index (Phi) is 3.09. The van der Waals surface area contributed by atoms with E-state index in [0.717, 1.165) is 25.0 Å². The highest BCUT2D eigenvalue weighted by molar-refractivity contribution is 5.20. The van der Waals surface area contributed by atoms with Gasteiger partial charge in [-0.15, -0.1) is 0 Å². The molecule has 3 atom stereocenters. The Morgan fingerprint density at radius 2 is 1.89 bits per heavy atom. The van der Waals surface area contributed by atoms with E-state index in [9.17, 15) is 0 Å². The molecule has 1 saturated carbocycles. The lowest BCUT2D eigenvalue weighted by atomic mass is 9.59. The molecule has 2 aliphatic carbocycles. The minimum absolute atomic E-state index is 0.481. The summed E-state index contributed by atoms with van der Waals surface area (Å²) in [7, 11) is 0. The summed E-state index contributed by atoms with van der Waals surface area (Å²) in [5, 5.41) is 0. The van der Waals surface area contributed by atoms with E-state index in [2.05, 4.69) is 26.8 Å². The lowest BCUT2D eigenvalue weighted by Gasteiger charge is -2.46. The summed E-state index contributed by atoms with van der Waals surface area (Å²) in [6.07, 6.45) is 10.8. The molecule has 1 nitrogen and oxygen atoms in total. The lowest BCUT2D eigenvalue weighted by Crippen LogP contribution is -2.34. The molecule has 0 amide bonds. The highest BCUT2D eigenvalue weighted by atomic mass is 16.5. The molecule has 0 bridgehead atoms. The van der Waals surface area contributed by atoms with E-state index in [1.807, 2.05) is 0 Å². The molecule has 3 rings (SSSR count). The van der Waals surface area contributed by atoms with Crippen molar-refractivity contribution in [3.05, 3.63) is 11.6 Å². The summed E-state index contributed by atoms with van der Waals surface area (Å²) < 4.78 is 5.67. The third kappa shape index (κ3) is 2.27. The van der Waals surface area contributed by atoms with Gasteiger partial charge in [-0.1, -0.05) is 38.8 Å². The SMILES string of the molecule is CC1(C)CCC[C@](C)(C2=CC[C@H]3COC[C@H]3C2)C1. The number of hydrogen-bond acceptors (Lipinski definition) is 1. The van der Waals surface area contributed by atoms with E-state index in [4.69, 9.17) is 4.74 Å². The Hall–Kier alpha value is -0.300. The van der Waals surface area contributed by atoms with Crippen molar-refractivity contribution in [2.24, 2.45) is 22.7 Å². The summed E-state index contributed by atoms with van der Waals surface area (Å²) in [5.74, 6) is 1.65. The van der Waals surface area contributed by atoms with E-state index >= 15 is 0 Å². The first kappa shape index (κ1) is 12.7. The number of allylic oxidation sites excluding steroid dienone is 2. The lowest BCUT2D eigenvalue weighted by molar-refractivity contribution is 0.120. The minimum Gasteiger partial charge on any atom is -0.381 e. The molecule has 1 heterocycles. The zero-order valence-electron chi connectivity index (χ0n) is 12.3. The molecule has 1 saturated heterocycles. The first-order valence-corrected chi connectivity index (χ1v) is 7.76. The zero-order chi connectivity index (χ0) is 12.8. The van der Waals surface area contributed by atoms with Gasteiger partial charge in [0.05, 0.1) is 13.2 Å². The molecule has 0 unspecified atom stereocenters. The maximum absolute atomic E-state index is 5.67. The quantitative estimate of drug-likeness (QED) is 0.617. The van der Waals surface area contributed by atoms with Gasteiger partial charge in [-0.2, -0.15) is 0 Å². The van der Waals surface area contributed by atoms with Gasteiger partial charge in [0.2, 0.25) is 0 Å². The Morgan fingerprint density at radius 3 is 2.67 bits per heavy atom. The third-order valence-electron chi connectivity index (χ3n) is 5.71. The summed E-state index contributed by atoms with van der Waals surface area (Å²) in [4.78, 5) is 0. The van der Waals surface area contributed by atoms with Crippen molar-refractivity contribution in [2.45, 2.75) is 59.3 Å². The van der Waals surface area contributed by atoms with Gasteiger partial charge in [-0.3, -0.25) is 0 Å². The first-order valence-electron chi connectivity index (χ1n) is 7.76. The predicted octanol–water partition coefficient (Wildman–Crippen LogP) is 4.58. The summed E-state index contributed by atoms with van der Waals surface area (Å²) in [5.41, 5.74) is 2.79. The molecule has 102 valence electrons. The molecule has 0 radical (unpaired) electrons. The third-order valence-corrected chi connectivity index (χ3v) is 5.71. The van der Waals surface area contributed by atoms with Crippen LogP contribution in [0.15, 0.2) is 11.6 Å². The number of hydrogen-bond donors (Lipinski definition) is 0. The average Bonchev–Trinajstić information content (AvgIpc) is 2.73. The topological polar surface area (TPSA) is 9.23 Å². The van der Waals surface area contributed by atoms with Crippen molar-refractivity contribution < 1.29 is 4.74 Å². The Morgan fingerprint density at radius 1 is 1.11 bits per heavy atom. The highest BCUT2D eigenvalue weighted by Crippen LogP contribution is 2.53. The Bertz CT molecular complexity index is 355. The van der Waals surface area contributed by atoms with Crippen LogP contribution in [0.2, 0.25) is 0 Å². The molecule has 0 aromatic carbocycles. The molecule has 1 aliphatic heterocycles. The second-order valence-electron chi connectivity index (χ2n) is 7.98. The van der Waals surface area contributed by atoms with Crippen molar-refractivity contribution >= 4 is 0 Å². The van der Waals surface area contributed by atoms with Crippen LogP contribution >= 0.6 is 0 Å². The Balaban J connectivity index is 1.77. The van der Waals surface area contributed by atoms with Crippen molar-refractivity contribution in [1.82, 2.24) is 0 Å². The molecule has 0 spiro atoms. The number of ether oxygens (including phenoxy) is 1. The van der Waals surface area contributed by atoms with Crippen molar-refractivity contribution in [1.29, 1.82) is 0 Å². The highest BCUT2D eigenvalue weighted by Gasteiger charge is 2.42. The molecule has 0 aromatic heterocycles. The smallest absolute Gasteiger partial charge is 0.0501 e. The van der Waals surface area contributed by atoms with E-state index < -0.39 is 0 Å². The van der Waals surface area contributed by atoms with Crippen LogP contribution in [-0.2, 0) is 4.74 Å². The Labute approximate surface area is 112 Å². The normalized spacial score (nSPS) is 43.4. The largest absolute Gasteiger partial charge is 0.381 e. The molecule has 1 heteroatoms. The number of fused-ring (bicyclic) bond motifs is 1. The van der Waals surface area contributed by atoms with Gasteiger partial charge in [0.25, 0.3) is 0 Å². The number of rotatable bonds is 1. The van der Waals surface area contributed by atoms with Crippen LogP contribution < -0.4 is 0 Å². The summed E-state index contributed by atoms with van der Waals surface area (Å²) >= 11 is 0. The van der Waals surface area contributed by atoms with Gasteiger partial charge in [-0.05, 0) is 54.8 Å². The van der Waals surface area contributed by atoms with Crippen LogP contribution in [0.4, 0.5) is 0 Å². The van der Waals surface area contributed by atoms with Crippen molar-refractivity contribution in [3.63, 3.8) is 0 Å². The second-order valence-corrected chi connectivity index (χ2v) is 7.98. The van der Waals surface area contributed by atoms with E-state index in [1.165, 1.54) is 38.5 Å². The van der Waals surface area contributed by atoms with Crippen LogP contribution in [0.3, 0.4) is 0 Å². The molecule has 2 fully saturated rings. The van der Waals surface area contributed by atoms with Crippen LogP contribution in [0, 0.1) is 22.7 Å². The second kappa shape index (κ2) is 4.37. The van der Waals surface area contributed by atoms with Gasteiger partial charge in [0.1, 0.15) is 0 Å². The fourth-order valence-electron chi connectivity index (χ4n) is 4.75. The van der Waals surface area contributed by atoms with Gasteiger partial charge in [0, 0.05) is 0 Å².